The molecule has 0 aromatic heterocycles. The maximum atomic E-state index is 11.2. The number of carbonyl (C=O) groups is 1. The Bertz CT molecular complexity index is 1180. The van der Waals surface area contributed by atoms with Crippen molar-refractivity contribution in [2.24, 2.45) is 0 Å². The first-order valence-corrected chi connectivity index (χ1v) is 11.8. The molecule has 4 heteroatoms. The summed E-state index contributed by atoms with van der Waals surface area (Å²) in [6.45, 7) is 2.19. The molecule has 0 saturated carbocycles. The maximum absolute atomic E-state index is 11.2. The number of carboxylic acids is 1. The molecule has 1 N–H and O–H groups in total. The van der Waals surface area contributed by atoms with Crippen molar-refractivity contribution >= 4 is 40.3 Å². The van der Waals surface area contributed by atoms with Crippen LogP contribution in [0.1, 0.15) is 59.6 Å². The third-order valence-electron chi connectivity index (χ3n) is 6.01. The van der Waals surface area contributed by atoms with Crippen LogP contribution in [0, 0.1) is 0 Å². The Kier molecular flexibility index (Phi) is 7.03. The van der Waals surface area contributed by atoms with Crippen molar-refractivity contribution < 1.29 is 9.90 Å². The lowest BCUT2D eigenvalue weighted by atomic mass is 9.86. The van der Waals surface area contributed by atoms with Gasteiger partial charge in [0.05, 0.1) is 6.42 Å². The van der Waals surface area contributed by atoms with Crippen molar-refractivity contribution in [2.45, 2.75) is 45.4 Å². The van der Waals surface area contributed by atoms with Crippen LogP contribution < -0.4 is 0 Å². The summed E-state index contributed by atoms with van der Waals surface area (Å²) in [6.07, 6.45) is 4.96. The fourth-order valence-corrected chi connectivity index (χ4v) is 5.11. The van der Waals surface area contributed by atoms with Gasteiger partial charge in [-0.25, -0.2) is 0 Å². The molecule has 0 fully saturated rings. The van der Waals surface area contributed by atoms with Crippen LogP contribution in [-0.2, 0) is 24.1 Å². The lowest BCUT2D eigenvalue weighted by Gasteiger charge is -2.18. The first-order valence-electron chi connectivity index (χ1n) is 11.1. The zero-order valence-electron chi connectivity index (χ0n) is 18.1. The molecule has 3 aromatic carbocycles. The smallest absolute Gasteiger partial charge is 0.307 e. The molecule has 0 spiro atoms. The molecule has 0 unspecified atom stereocenters. The SMILES string of the molecule is CCCc1ccc(C2=C(c3ccc(Cl)cc3Cl)CCCc3cc(CC(=O)O)ccc32)cc1. The van der Waals surface area contributed by atoms with Crippen LogP contribution in [0.15, 0.2) is 60.7 Å². The summed E-state index contributed by atoms with van der Waals surface area (Å²) in [5, 5.41) is 10.5. The Morgan fingerprint density at radius 2 is 1.62 bits per heavy atom. The van der Waals surface area contributed by atoms with Crippen molar-refractivity contribution in [2.75, 3.05) is 0 Å². The van der Waals surface area contributed by atoms with Crippen LogP contribution in [-0.4, -0.2) is 11.1 Å². The first kappa shape index (κ1) is 22.6. The van der Waals surface area contributed by atoms with Crippen LogP contribution >= 0.6 is 23.2 Å². The number of allylic oxidation sites excluding steroid dienone is 1. The first-order chi connectivity index (χ1) is 15.5. The van der Waals surface area contributed by atoms with E-state index >= 15 is 0 Å². The quantitative estimate of drug-likeness (QED) is 0.402. The van der Waals surface area contributed by atoms with Crippen LogP contribution in [0.25, 0.3) is 11.1 Å². The number of rotatable bonds is 6. The highest BCUT2D eigenvalue weighted by Crippen LogP contribution is 2.42. The molecule has 32 heavy (non-hydrogen) atoms. The second-order valence-corrected chi connectivity index (χ2v) is 9.18. The Hall–Kier alpha value is -2.55. The second-order valence-electron chi connectivity index (χ2n) is 8.34. The summed E-state index contributed by atoms with van der Waals surface area (Å²) in [5.74, 6) is -0.811. The molecule has 0 heterocycles. The highest BCUT2D eigenvalue weighted by molar-refractivity contribution is 6.36. The molecule has 1 aliphatic carbocycles. The lowest BCUT2D eigenvalue weighted by molar-refractivity contribution is -0.136. The zero-order chi connectivity index (χ0) is 22.7. The van der Waals surface area contributed by atoms with Gasteiger partial charge in [-0.3, -0.25) is 4.79 Å². The van der Waals surface area contributed by atoms with Crippen molar-refractivity contribution in [3.63, 3.8) is 0 Å². The Labute approximate surface area is 199 Å². The molecule has 164 valence electrons. The van der Waals surface area contributed by atoms with E-state index in [9.17, 15) is 9.90 Å². The molecule has 3 aromatic rings. The van der Waals surface area contributed by atoms with Crippen molar-refractivity contribution in [1.82, 2.24) is 0 Å². The van der Waals surface area contributed by atoms with E-state index in [4.69, 9.17) is 23.2 Å². The van der Waals surface area contributed by atoms with Gasteiger partial charge in [-0.05, 0) is 82.3 Å². The molecule has 1 aliphatic rings. The van der Waals surface area contributed by atoms with Crippen LogP contribution in [0.4, 0.5) is 0 Å². The van der Waals surface area contributed by atoms with E-state index in [1.54, 1.807) is 6.07 Å². The lowest BCUT2D eigenvalue weighted by Crippen LogP contribution is -2.02. The van der Waals surface area contributed by atoms with Crippen molar-refractivity contribution in [3.05, 3.63) is 104 Å². The van der Waals surface area contributed by atoms with E-state index in [-0.39, 0.29) is 6.42 Å². The molecule has 0 radical (unpaired) electrons. The van der Waals surface area contributed by atoms with Gasteiger partial charge >= 0.3 is 5.97 Å². The van der Waals surface area contributed by atoms with Gasteiger partial charge in [0.25, 0.3) is 0 Å². The summed E-state index contributed by atoms with van der Waals surface area (Å²) in [4.78, 5) is 11.2. The number of aryl methyl sites for hydroxylation is 2. The summed E-state index contributed by atoms with van der Waals surface area (Å²) < 4.78 is 0. The number of carboxylic acid groups (broad SMARTS) is 1. The molecule has 4 rings (SSSR count). The number of fused-ring (bicyclic) bond motifs is 1. The largest absolute Gasteiger partial charge is 0.481 e. The highest BCUT2D eigenvalue weighted by Gasteiger charge is 2.22. The van der Waals surface area contributed by atoms with Gasteiger partial charge < -0.3 is 5.11 Å². The summed E-state index contributed by atoms with van der Waals surface area (Å²) in [7, 11) is 0. The second kappa shape index (κ2) is 9.94. The van der Waals surface area contributed by atoms with Crippen LogP contribution in [0.3, 0.4) is 0 Å². The molecular weight excluding hydrogens is 439 g/mol. The van der Waals surface area contributed by atoms with Crippen molar-refractivity contribution in [3.8, 4) is 0 Å². The highest BCUT2D eigenvalue weighted by atomic mass is 35.5. The zero-order valence-corrected chi connectivity index (χ0v) is 19.6. The monoisotopic (exact) mass is 464 g/mol. The van der Waals surface area contributed by atoms with Gasteiger partial charge in [0.2, 0.25) is 0 Å². The summed E-state index contributed by atoms with van der Waals surface area (Å²) in [5.41, 5.74) is 9.05. The van der Waals surface area contributed by atoms with Gasteiger partial charge in [0, 0.05) is 10.0 Å². The fourth-order valence-electron chi connectivity index (χ4n) is 4.59. The van der Waals surface area contributed by atoms with Gasteiger partial charge in [-0.1, -0.05) is 85.1 Å². The van der Waals surface area contributed by atoms with Gasteiger partial charge in [-0.15, -0.1) is 0 Å². The minimum Gasteiger partial charge on any atom is -0.481 e. The molecular formula is C28H26Cl2O2. The number of hydrogen-bond donors (Lipinski definition) is 1. The standard InChI is InChI=1S/C28H26Cl2O2/c1-2-4-18-7-10-20(11-8-18)28-23-13-9-19(16-27(31)32)15-21(23)5-3-6-25(28)24-14-12-22(29)17-26(24)30/h7-15,17H,2-6,16H2,1H3,(H,31,32). The molecule has 0 atom stereocenters. The van der Waals surface area contributed by atoms with Crippen LogP contribution in [0.2, 0.25) is 10.0 Å². The molecule has 0 amide bonds. The Morgan fingerprint density at radius 3 is 2.31 bits per heavy atom. The van der Waals surface area contributed by atoms with E-state index in [0.29, 0.717) is 10.0 Å². The van der Waals surface area contributed by atoms with E-state index in [0.717, 1.165) is 54.4 Å². The van der Waals surface area contributed by atoms with Gasteiger partial charge in [0.15, 0.2) is 0 Å². The fraction of sp³-hybridized carbons (Fsp3) is 0.250. The maximum Gasteiger partial charge on any atom is 0.307 e. The van der Waals surface area contributed by atoms with Gasteiger partial charge in [0.1, 0.15) is 0 Å². The van der Waals surface area contributed by atoms with E-state index < -0.39 is 5.97 Å². The van der Waals surface area contributed by atoms with E-state index in [1.807, 2.05) is 18.2 Å². The number of hydrogen-bond acceptors (Lipinski definition) is 1. The minimum absolute atomic E-state index is 0.0356. The van der Waals surface area contributed by atoms with Gasteiger partial charge in [-0.2, -0.15) is 0 Å². The summed E-state index contributed by atoms with van der Waals surface area (Å²) in [6, 6.07) is 20.6. The normalized spacial score (nSPS) is 13.6. The van der Waals surface area contributed by atoms with E-state index in [2.05, 4.69) is 43.3 Å². The Morgan fingerprint density at radius 1 is 0.906 bits per heavy atom. The van der Waals surface area contributed by atoms with Crippen LogP contribution in [0.5, 0.6) is 0 Å². The summed E-state index contributed by atoms with van der Waals surface area (Å²) >= 11 is 12.8. The number of halogens is 2. The number of aliphatic carboxylic acids is 1. The number of benzene rings is 3. The molecule has 0 saturated heterocycles. The molecule has 0 aliphatic heterocycles. The topological polar surface area (TPSA) is 37.3 Å². The van der Waals surface area contributed by atoms with E-state index in [1.165, 1.54) is 22.3 Å². The van der Waals surface area contributed by atoms with Crippen molar-refractivity contribution in [1.29, 1.82) is 0 Å². The average Bonchev–Trinajstić information content (AvgIpc) is 2.93. The predicted octanol–water partition coefficient (Wildman–Crippen LogP) is 7.87. The third-order valence-corrected chi connectivity index (χ3v) is 6.55. The average molecular weight is 465 g/mol. The molecule has 2 nitrogen and oxygen atoms in total. The third kappa shape index (κ3) is 4.92. The predicted molar refractivity (Wildman–Crippen MR) is 134 cm³/mol. The molecule has 0 bridgehead atoms. The Balaban J connectivity index is 1.93. The minimum atomic E-state index is -0.811.